The Kier molecular flexibility index (Phi) is 5.68. The maximum Gasteiger partial charge on any atom is 0.160 e. The predicted octanol–water partition coefficient (Wildman–Crippen LogP) is 8.87. The molecule has 40 heavy (non-hydrogen) atoms. The zero-order valence-corrected chi connectivity index (χ0v) is 24.7. The third-order valence-corrected chi connectivity index (χ3v) is 8.87. The molecule has 196 valence electrons. The quantitative estimate of drug-likeness (QED) is 0.0834. The molecule has 6 aromatic rings. The number of carbonyl (C=O) groups is 1. The first kappa shape index (κ1) is 26.1. The molecule has 2 nitrogen and oxygen atoms in total. The van der Waals surface area contributed by atoms with E-state index in [1.165, 1.54) is 49.4 Å². The Balaban J connectivity index is 2.01. The van der Waals surface area contributed by atoms with Gasteiger partial charge in [0.15, 0.2) is 5.78 Å². The average molecular weight is 519 g/mol. The van der Waals surface area contributed by atoms with Gasteiger partial charge in [-0.1, -0.05) is 35.8 Å². The molecule has 0 spiro atoms. The van der Waals surface area contributed by atoms with Crippen molar-refractivity contribution in [3.8, 4) is 11.1 Å². The van der Waals surface area contributed by atoms with Crippen LogP contribution in [0.15, 0.2) is 43.0 Å². The number of nitrogen functional groups attached to an aromatic ring is 1. The van der Waals surface area contributed by atoms with Crippen LogP contribution >= 0.6 is 0 Å². The Hall–Kier alpha value is -4.11. The summed E-state index contributed by atoms with van der Waals surface area (Å²) in [5.74, 6) is 0.0470. The van der Waals surface area contributed by atoms with E-state index in [9.17, 15) is 4.79 Å². The highest BCUT2D eigenvalue weighted by Gasteiger charge is 2.25. The molecule has 0 atom stereocenters. The van der Waals surface area contributed by atoms with E-state index < -0.39 is 0 Å². The number of anilines is 1. The molecule has 3 heteroatoms. The van der Waals surface area contributed by atoms with Gasteiger partial charge in [-0.2, -0.15) is 0 Å². The highest BCUT2D eigenvalue weighted by molar-refractivity contribution is 6.49. The van der Waals surface area contributed by atoms with E-state index in [-0.39, 0.29) is 5.78 Å². The van der Waals surface area contributed by atoms with Gasteiger partial charge in [0.1, 0.15) is 7.85 Å². The molecule has 0 bridgehead atoms. The van der Waals surface area contributed by atoms with Crippen LogP contribution in [0.25, 0.3) is 59.8 Å². The van der Waals surface area contributed by atoms with Crippen molar-refractivity contribution in [3.05, 3.63) is 87.5 Å². The molecule has 0 amide bonds. The van der Waals surface area contributed by atoms with Gasteiger partial charge < -0.3 is 5.73 Å². The number of rotatable bonds is 3. The minimum Gasteiger partial charge on any atom is -0.399 e. The first-order chi connectivity index (χ1) is 18.8. The van der Waals surface area contributed by atoms with Gasteiger partial charge in [0, 0.05) is 16.6 Å². The van der Waals surface area contributed by atoms with Crippen LogP contribution < -0.4 is 11.2 Å². The molecular formula is C37H34BNO. The zero-order chi connectivity index (χ0) is 28.9. The van der Waals surface area contributed by atoms with Crippen LogP contribution in [0.4, 0.5) is 5.69 Å². The van der Waals surface area contributed by atoms with Crippen molar-refractivity contribution in [1.29, 1.82) is 0 Å². The van der Waals surface area contributed by atoms with Crippen LogP contribution in [-0.2, 0) is 0 Å². The van der Waals surface area contributed by atoms with E-state index >= 15 is 0 Å². The van der Waals surface area contributed by atoms with Gasteiger partial charge in [-0.3, -0.25) is 4.79 Å². The number of Topliss-reactive ketones (excluding diaryl/α,β-unsaturated/α-hetero) is 1. The molecule has 0 aromatic heterocycles. The first-order valence-corrected chi connectivity index (χ1v) is 13.8. The SMILES string of the molecule is [B]c1cc(C(=C)C)c2c(C(C)=O)cc(C)c3c4c(C)cc(-c5cc(C)c(N)cc5C)c5c(C)cc(C)c(c1c23)c54. The molecule has 0 aliphatic heterocycles. The van der Waals surface area contributed by atoms with E-state index in [0.29, 0.717) is 5.46 Å². The number of carbonyl (C=O) groups excluding carboxylic acids is 1. The van der Waals surface area contributed by atoms with Crippen molar-refractivity contribution >= 4 is 73.4 Å². The number of hydrogen-bond acceptors (Lipinski definition) is 2. The van der Waals surface area contributed by atoms with Crippen LogP contribution in [0, 0.1) is 41.5 Å². The van der Waals surface area contributed by atoms with E-state index in [4.69, 9.17) is 13.6 Å². The minimum atomic E-state index is 0.0470. The number of benzene rings is 6. The lowest BCUT2D eigenvalue weighted by Crippen LogP contribution is -2.11. The summed E-state index contributed by atoms with van der Waals surface area (Å²) in [5.41, 5.74) is 19.7. The summed E-state index contributed by atoms with van der Waals surface area (Å²) in [6.45, 7) is 20.8. The van der Waals surface area contributed by atoms with Crippen molar-refractivity contribution in [3.63, 3.8) is 0 Å². The molecule has 0 saturated carbocycles. The first-order valence-electron chi connectivity index (χ1n) is 13.8. The normalized spacial score (nSPS) is 11.9. The summed E-state index contributed by atoms with van der Waals surface area (Å²) in [6, 6.07) is 13.0. The molecule has 2 radical (unpaired) electrons. The number of nitrogens with two attached hydrogens (primary N) is 1. The lowest BCUT2D eigenvalue weighted by Gasteiger charge is -2.26. The maximum atomic E-state index is 13.0. The van der Waals surface area contributed by atoms with Crippen LogP contribution in [0.1, 0.15) is 63.1 Å². The Bertz CT molecular complexity index is 2060. The molecule has 0 unspecified atom stereocenters. The van der Waals surface area contributed by atoms with Gasteiger partial charge in [0.2, 0.25) is 0 Å². The summed E-state index contributed by atoms with van der Waals surface area (Å²) in [7, 11) is 6.96. The fraction of sp³-hybridized carbons (Fsp3) is 0.216. The van der Waals surface area contributed by atoms with Crippen molar-refractivity contribution in [1.82, 2.24) is 0 Å². The summed E-state index contributed by atoms with van der Waals surface area (Å²) in [6.07, 6.45) is 0. The third-order valence-electron chi connectivity index (χ3n) is 8.87. The monoisotopic (exact) mass is 519 g/mol. The molecule has 0 aliphatic carbocycles. The standard InChI is InChI=1S/C37H34BNO/c1-16(2)24-15-28(38)35-33-20(6)10-19(5)30-27(25-11-18(4)29(39)14-17(25)3)13-22(8)31(36(30)33)32-21(7)12-26(23(9)40)34(24)37(32)35/h10-15H,1,39H2,2-9H3. The predicted molar refractivity (Wildman–Crippen MR) is 176 cm³/mol. The lowest BCUT2D eigenvalue weighted by atomic mass is 9.75. The number of allylic oxidation sites excluding steroid dienone is 1. The fourth-order valence-electron chi connectivity index (χ4n) is 7.13. The van der Waals surface area contributed by atoms with E-state index in [1.54, 1.807) is 6.92 Å². The van der Waals surface area contributed by atoms with Crippen LogP contribution in [0.5, 0.6) is 0 Å². The van der Waals surface area contributed by atoms with Gasteiger partial charge in [0.25, 0.3) is 0 Å². The molecule has 0 fully saturated rings. The second kappa shape index (κ2) is 8.70. The Morgan fingerprint density at radius 3 is 1.73 bits per heavy atom. The molecule has 0 aliphatic rings. The Morgan fingerprint density at radius 1 is 0.575 bits per heavy atom. The topological polar surface area (TPSA) is 43.1 Å². The summed E-state index contributed by atoms with van der Waals surface area (Å²) in [5, 5.41) is 9.09. The zero-order valence-electron chi connectivity index (χ0n) is 24.7. The lowest BCUT2D eigenvalue weighted by molar-refractivity contribution is 0.101. The molecule has 2 N–H and O–H groups in total. The molecule has 0 saturated heterocycles. The van der Waals surface area contributed by atoms with Gasteiger partial charge in [0.05, 0.1) is 0 Å². The van der Waals surface area contributed by atoms with Gasteiger partial charge in [-0.15, -0.1) is 0 Å². The highest BCUT2D eigenvalue weighted by atomic mass is 16.1. The average Bonchev–Trinajstić information content (AvgIpc) is 2.87. The Morgan fingerprint density at radius 2 is 1.10 bits per heavy atom. The molecular weight excluding hydrogens is 485 g/mol. The van der Waals surface area contributed by atoms with Gasteiger partial charge >= 0.3 is 0 Å². The van der Waals surface area contributed by atoms with Gasteiger partial charge in [-0.05, 0) is 161 Å². The number of fused-ring (bicyclic) bond motifs is 2. The summed E-state index contributed by atoms with van der Waals surface area (Å²) in [4.78, 5) is 13.0. The second-order valence-corrected chi connectivity index (χ2v) is 11.9. The smallest absolute Gasteiger partial charge is 0.160 e. The second-order valence-electron chi connectivity index (χ2n) is 11.9. The number of aryl methyl sites for hydroxylation is 6. The van der Waals surface area contributed by atoms with E-state index in [0.717, 1.165) is 60.6 Å². The van der Waals surface area contributed by atoms with Crippen LogP contribution in [0.3, 0.4) is 0 Å². The minimum absolute atomic E-state index is 0.0470. The van der Waals surface area contributed by atoms with Crippen molar-refractivity contribution in [2.75, 3.05) is 5.73 Å². The largest absolute Gasteiger partial charge is 0.399 e. The third kappa shape index (κ3) is 3.40. The summed E-state index contributed by atoms with van der Waals surface area (Å²) >= 11 is 0. The molecule has 0 heterocycles. The van der Waals surface area contributed by atoms with E-state index in [1.807, 2.05) is 13.0 Å². The number of hydrogen-bond donors (Lipinski definition) is 1. The number of ketones is 1. The van der Waals surface area contributed by atoms with Crippen molar-refractivity contribution < 1.29 is 4.79 Å². The maximum absolute atomic E-state index is 13.0. The molecule has 6 aromatic carbocycles. The highest BCUT2D eigenvalue weighted by Crippen LogP contribution is 2.49. The van der Waals surface area contributed by atoms with Crippen LogP contribution in [0.2, 0.25) is 0 Å². The van der Waals surface area contributed by atoms with Crippen molar-refractivity contribution in [2.24, 2.45) is 0 Å². The Labute approximate surface area is 237 Å². The van der Waals surface area contributed by atoms with E-state index in [2.05, 4.69) is 78.5 Å². The van der Waals surface area contributed by atoms with Crippen LogP contribution in [-0.4, -0.2) is 13.6 Å². The van der Waals surface area contributed by atoms with Crippen molar-refractivity contribution in [2.45, 2.75) is 55.4 Å². The summed E-state index contributed by atoms with van der Waals surface area (Å²) < 4.78 is 0. The fourth-order valence-corrected chi connectivity index (χ4v) is 7.13. The molecule has 6 rings (SSSR count). The van der Waals surface area contributed by atoms with Gasteiger partial charge in [-0.25, -0.2) is 0 Å².